The van der Waals surface area contributed by atoms with Gasteiger partial charge in [-0.15, -0.1) is 0 Å². The lowest BCUT2D eigenvalue weighted by Crippen LogP contribution is -2.29. The number of nitrogen functional groups attached to an aromatic ring is 1. The van der Waals surface area contributed by atoms with E-state index in [1.165, 1.54) is 6.07 Å². The maximum atomic E-state index is 13.9. The van der Waals surface area contributed by atoms with Gasteiger partial charge >= 0.3 is 0 Å². The minimum atomic E-state index is -0.672. The second-order valence-corrected chi connectivity index (χ2v) is 7.03. The first kappa shape index (κ1) is 19.4. The summed E-state index contributed by atoms with van der Waals surface area (Å²) in [5, 5.41) is -0.110. The zero-order valence-corrected chi connectivity index (χ0v) is 15.7. The van der Waals surface area contributed by atoms with Crippen molar-refractivity contribution in [3.05, 3.63) is 57.3 Å². The number of halogens is 3. The van der Waals surface area contributed by atoms with E-state index in [0.29, 0.717) is 22.6 Å². The van der Waals surface area contributed by atoms with Gasteiger partial charge in [-0.05, 0) is 45.0 Å². The summed E-state index contributed by atoms with van der Waals surface area (Å²) in [4.78, 5) is 0. The van der Waals surface area contributed by atoms with Gasteiger partial charge in [-0.3, -0.25) is 0 Å². The average molecular weight is 381 g/mol. The number of nitrogens with two attached hydrogens (primary N) is 2. The standard InChI is InChI=1S/C19H19Cl2FN2O/c1-11(13-5-6-14(20)18(22)17(13)21)25-16-10-12(4-7-15(16)23)8-9-19(2,3)24/h4-7,10-11H,23-24H2,1-3H3. The Labute approximate surface area is 157 Å². The van der Waals surface area contributed by atoms with Crippen molar-refractivity contribution in [1.29, 1.82) is 0 Å². The molecule has 0 saturated heterocycles. The summed E-state index contributed by atoms with van der Waals surface area (Å²) >= 11 is 11.7. The highest BCUT2D eigenvalue weighted by Gasteiger charge is 2.18. The van der Waals surface area contributed by atoms with Crippen molar-refractivity contribution in [1.82, 2.24) is 0 Å². The van der Waals surface area contributed by atoms with Crippen LogP contribution >= 0.6 is 23.2 Å². The van der Waals surface area contributed by atoms with Gasteiger partial charge in [0.25, 0.3) is 0 Å². The lowest BCUT2D eigenvalue weighted by atomic mass is 10.1. The van der Waals surface area contributed by atoms with E-state index in [1.807, 2.05) is 13.8 Å². The first-order chi connectivity index (χ1) is 11.6. The summed E-state index contributed by atoms with van der Waals surface area (Å²) in [6.07, 6.45) is -0.532. The Morgan fingerprint density at radius 1 is 1.20 bits per heavy atom. The molecule has 132 valence electrons. The predicted molar refractivity (Wildman–Crippen MR) is 101 cm³/mol. The van der Waals surface area contributed by atoms with Crippen LogP contribution in [-0.4, -0.2) is 5.54 Å². The molecule has 0 amide bonds. The topological polar surface area (TPSA) is 61.3 Å². The molecule has 0 saturated carbocycles. The molecule has 6 heteroatoms. The average Bonchev–Trinajstić information content (AvgIpc) is 2.52. The van der Waals surface area contributed by atoms with Crippen molar-refractivity contribution in [2.45, 2.75) is 32.4 Å². The first-order valence-corrected chi connectivity index (χ1v) is 8.35. The van der Waals surface area contributed by atoms with E-state index in [1.54, 1.807) is 31.2 Å². The van der Waals surface area contributed by atoms with Gasteiger partial charge in [-0.25, -0.2) is 4.39 Å². The van der Waals surface area contributed by atoms with Crippen LogP contribution in [0.4, 0.5) is 10.1 Å². The summed E-state index contributed by atoms with van der Waals surface area (Å²) in [5.41, 5.74) is 12.8. The van der Waals surface area contributed by atoms with Crippen LogP contribution in [0, 0.1) is 17.7 Å². The zero-order chi connectivity index (χ0) is 18.8. The number of benzene rings is 2. The molecule has 1 atom stereocenters. The molecule has 2 aromatic rings. The van der Waals surface area contributed by atoms with Gasteiger partial charge in [0, 0.05) is 11.1 Å². The van der Waals surface area contributed by atoms with Gasteiger partial charge in [0.05, 0.1) is 21.3 Å². The molecule has 3 nitrogen and oxygen atoms in total. The third-order valence-electron chi connectivity index (χ3n) is 3.35. The van der Waals surface area contributed by atoms with E-state index in [-0.39, 0.29) is 10.0 Å². The molecule has 0 fully saturated rings. The van der Waals surface area contributed by atoms with Crippen LogP contribution in [0.15, 0.2) is 30.3 Å². The van der Waals surface area contributed by atoms with E-state index in [9.17, 15) is 4.39 Å². The van der Waals surface area contributed by atoms with Gasteiger partial charge in [-0.1, -0.05) is 41.1 Å². The Kier molecular flexibility index (Phi) is 5.84. The highest BCUT2D eigenvalue weighted by atomic mass is 35.5. The molecule has 2 rings (SSSR count). The lowest BCUT2D eigenvalue weighted by molar-refractivity contribution is 0.228. The van der Waals surface area contributed by atoms with Crippen LogP contribution in [0.2, 0.25) is 10.0 Å². The summed E-state index contributed by atoms with van der Waals surface area (Å²) in [6.45, 7) is 5.37. The highest BCUT2D eigenvalue weighted by Crippen LogP contribution is 2.34. The van der Waals surface area contributed by atoms with Crippen LogP contribution in [0.1, 0.15) is 38.0 Å². The van der Waals surface area contributed by atoms with Crippen molar-refractivity contribution >= 4 is 28.9 Å². The number of hydrogen-bond acceptors (Lipinski definition) is 3. The van der Waals surface area contributed by atoms with Crippen LogP contribution in [0.3, 0.4) is 0 Å². The molecule has 0 aromatic heterocycles. The van der Waals surface area contributed by atoms with Gasteiger partial charge in [0.1, 0.15) is 11.9 Å². The van der Waals surface area contributed by atoms with E-state index in [2.05, 4.69) is 11.8 Å². The number of hydrogen-bond donors (Lipinski definition) is 2. The maximum Gasteiger partial charge on any atom is 0.160 e. The third kappa shape index (κ3) is 5.02. The minimum Gasteiger partial charge on any atom is -0.484 e. The van der Waals surface area contributed by atoms with Crippen molar-refractivity contribution < 1.29 is 9.13 Å². The molecular formula is C19H19Cl2FN2O. The molecule has 0 spiro atoms. The van der Waals surface area contributed by atoms with E-state index in [0.717, 1.165) is 0 Å². The Balaban J connectivity index is 2.30. The fourth-order valence-corrected chi connectivity index (χ4v) is 2.58. The molecule has 0 aliphatic carbocycles. The number of anilines is 1. The summed E-state index contributed by atoms with van der Waals surface area (Å²) in [6, 6.07) is 8.24. The smallest absolute Gasteiger partial charge is 0.160 e. The Hall–Kier alpha value is -1.93. The zero-order valence-electron chi connectivity index (χ0n) is 14.2. The third-order valence-corrected chi connectivity index (χ3v) is 4.03. The monoisotopic (exact) mass is 380 g/mol. The predicted octanol–water partition coefficient (Wildman–Crippen LogP) is 4.94. The van der Waals surface area contributed by atoms with Gasteiger partial charge in [-0.2, -0.15) is 0 Å². The molecule has 0 heterocycles. The lowest BCUT2D eigenvalue weighted by Gasteiger charge is -2.18. The Morgan fingerprint density at radius 2 is 1.88 bits per heavy atom. The SMILES string of the molecule is CC(Oc1cc(C#CC(C)(C)N)ccc1N)c1ccc(Cl)c(F)c1Cl. The van der Waals surface area contributed by atoms with Gasteiger partial charge in [0.2, 0.25) is 0 Å². The molecule has 0 aliphatic heterocycles. The van der Waals surface area contributed by atoms with Crippen LogP contribution in [-0.2, 0) is 0 Å². The first-order valence-electron chi connectivity index (χ1n) is 7.60. The summed E-state index contributed by atoms with van der Waals surface area (Å²) in [7, 11) is 0. The van der Waals surface area contributed by atoms with Gasteiger partial charge in [0.15, 0.2) is 5.82 Å². The van der Waals surface area contributed by atoms with E-state index in [4.69, 9.17) is 39.4 Å². The summed E-state index contributed by atoms with van der Waals surface area (Å²) in [5.74, 6) is 5.68. The Bertz CT molecular complexity index is 851. The summed E-state index contributed by atoms with van der Waals surface area (Å²) < 4.78 is 19.7. The second kappa shape index (κ2) is 7.53. The quantitative estimate of drug-likeness (QED) is 0.450. The molecule has 25 heavy (non-hydrogen) atoms. The van der Waals surface area contributed by atoms with E-state index >= 15 is 0 Å². The minimum absolute atomic E-state index is 0.0397. The van der Waals surface area contributed by atoms with E-state index < -0.39 is 17.5 Å². The highest BCUT2D eigenvalue weighted by molar-refractivity contribution is 6.35. The van der Waals surface area contributed by atoms with Crippen molar-refractivity contribution in [3.8, 4) is 17.6 Å². The number of rotatable bonds is 3. The largest absolute Gasteiger partial charge is 0.484 e. The molecule has 2 aromatic carbocycles. The second-order valence-electron chi connectivity index (χ2n) is 6.25. The molecule has 0 aliphatic rings. The fourth-order valence-electron chi connectivity index (χ4n) is 2.06. The van der Waals surface area contributed by atoms with Crippen LogP contribution < -0.4 is 16.2 Å². The van der Waals surface area contributed by atoms with Crippen molar-refractivity contribution in [2.24, 2.45) is 5.73 Å². The van der Waals surface area contributed by atoms with Gasteiger partial charge < -0.3 is 16.2 Å². The molecular weight excluding hydrogens is 362 g/mol. The molecule has 0 bridgehead atoms. The molecule has 1 unspecified atom stereocenters. The van der Waals surface area contributed by atoms with Crippen LogP contribution in [0.25, 0.3) is 0 Å². The number of ether oxygens (including phenoxy) is 1. The van der Waals surface area contributed by atoms with Crippen LogP contribution in [0.5, 0.6) is 5.75 Å². The van der Waals surface area contributed by atoms with Crippen molar-refractivity contribution in [2.75, 3.05) is 5.73 Å². The Morgan fingerprint density at radius 3 is 2.52 bits per heavy atom. The molecule has 0 radical (unpaired) electrons. The van der Waals surface area contributed by atoms with Crippen molar-refractivity contribution in [3.63, 3.8) is 0 Å². The fraction of sp³-hybridized carbons (Fsp3) is 0.263. The normalized spacial score (nSPS) is 12.3. The maximum absolute atomic E-state index is 13.9. The molecule has 4 N–H and O–H groups in total.